The molecule has 3 rings (SSSR count). The molecule has 0 aliphatic heterocycles. The highest BCUT2D eigenvalue weighted by Gasteiger charge is 2.24. The summed E-state index contributed by atoms with van der Waals surface area (Å²) in [4.78, 5) is 37.9. The molecule has 9 heteroatoms. The molecule has 0 saturated heterocycles. The van der Waals surface area contributed by atoms with Gasteiger partial charge in [-0.05, 0) is 59.9 Å². The second-order valence-electron chi connectivity index (χ2n) is 8.65. The van der Waals surface area contributed by atoms with E-state index in [2.05, 4.69) is 10.6 Å². The Hall–Kier alpha value is -4.79. The number of hydrogen-bond donors (Lipinski definition) is 5. The molecule has 1 unspecified atom stereocenters. The van der Waals surface area contributed by atoms with Gasteiger partial charge < -0.3 is 30.7 Å². The third kappa shape index (κ3) is 8.70. The van der Waals surface area contributed by atoms with E-state index in [9.17, 15) is 29.7 Å². The SMILES string of the molecule is Cc1cc(CCNC(=O)C(CC(=O)OCc2ccccc2)NC(=O)/C=C/c2ccc(O)c(O)c2)ccc1O. The highest BCUT2D eigenvalue weighted by molar-refractivity contribution is 5.96. The molecule has 1 atom stereocenters. The molecular formula is C29H30N2O7. The Balaban J connectivity index is 1.62. The van der Waals surface area contributed by atoms with Crippen molar-refractivity contribution in [3.8, 4) is 17.2 Å². The molecule has 0 aliphatic carbocycles. The average molecular weight is 519 g/mol. The molecule has 0 spiro atoms. The average Bonchev–Trinajstić information content (AvgIpc) is 2.90. The van der Waals surface area contributed by atoms with Crippen molar-refractivity contribution in [2.45, 2.75) is 32.4 Å². The van der Waals surface area contributed by atoms with Gasteiger partial charge in [0.25, 0.3) is 0 Å². The zero-order valence-electron chi connectivity index (χ0n) is 20.9. The lowest BCUT2D eigenvalue weighted by Gasteiger charge is -2.17. The first-order chi connectivity index (χ1) is 18.2. The molecule has 0 saturated carbocycles. The maximum atomic E-state index is 12.9. The lowest BCUT2D eigenvalue weighted by atomic mass is 10.1. The number of esters is 1. The van der Waals surface area contributed by atoms with Crippen LogP contribution in [0.4, 0.5) is 0 Å². The minimum atomic E-state index is -1.19. The molecule has 5 N–H and O–H groups in total. The quantitative estimate of drug-likeness (QED) is 0.149. The number of benzene rings is 3. The topological polar surface area (TPSA) is 145 Å². The minimum absolute atomic E-state index is 0.0341. The van der Waals surface area contributed by atoms with Crippen LogP contribution < -0.4 is 10.6 Å². The van der Waals surface area contributed by atoms with E-state index in [1.807, 2.05) is 24.3 Å². The Morgan fingerprint density at radius 3 is 2.34 bits per heavy atom. The van der Waals surface area contributed by atoms with Gasteiger partial charge in [0, 0.05) is 12.6 Å². The summed E-state index contributed by atoms with van der Waals surface area (Å²) in [5.74, 6) is -2.29. The highest BCUT2D eigenvalue weighted by atomic mass is 16.5. The van der Waals surface area contributed by atoms with E-state index in [1.54, 1.807) is 31.2 Å². The molecule has 0 aliphatic rings. The Morgan fingerprint density at radius 2 is 1.63 bits per heavy atom. The summed E-state index contributed by atoms with van der Waals surface area (Å²) < 4.78 is 5.28. The van der Waals surface area contributed by atoms with E-state index >= 15 is 0 Å². The fraction of sp³-hybridized carbons (Fsp3) is 0.207. The third-order valence-electron chi connectivity index (χ3n) is 5.65. The first-order valence-corrected chi connectivity index (χ1v) is 12.0. The highest BCUT2D eigenvalue weighted by Crippen LogP contribution is 2.25. The Kier molecular flexibility index (Phi) is 9.87. The number of phenolic OH excluding ortho intramolecular Hbond substituents is 3. The monoisotopic (exact) mass is 518 g/mol. The summed E-state index contributed by atoms with van der Waals surface area (Å²) in [6.07, 6.45) is 2.65. The Morgan fingerprint density at radius 1 is 0.895 bits per heavy atom. The largest absolute Gasteiger partial charge is 0.508 e. The second kappa shape index (κ2) is 13.5. The summed E-state index contributed by atoms with van der Waals surface area (Å²) >= 11 is 0. The molecule has 38 heavy (non-hydrogen) atoms. The summed E-state index contributed by atoms with van der Waals surface area (Å²) in [6, 6.07) is 17.1. The van der Waals surface area contributed by atoms with Gasteiger partial charge in [-0.3, -0.25) is 14.4 Å². The van der Waals surface area contributed by atoms with Crippen LogP contribution in [-0.2, 0) is 32.1 Å². The molecule has 0 heterocycles. The Bertz CT molecular complexity index is 1310. The number of amides is 2. The van der Waals surface area contributed by atoms with Gasteiger partial charge in [0.15, 0.2) is 11.5 Å². The van der Waals surface area contributed by atoms with Crippen LogP contribution in [-0.4, -0.2) is 45.7 Å². The molecule has 198 valence electrons. The minimum Gasteiger partial charge on any atom is -0.508 e. The molecular weight excluding hydrogens is 488 g/mol. The van der Waals surface area contributed by atoms with Crippen LogP contribution in [0.5, 0.6) is 17.2 Å². The number of aromatic hydroxyl groups is 3. The molecule has 0 bridgehead atoms. The van der Waals surface area contributed by atoms with Crippen LogP contribution in [0.2, 0.25) is 0 Å². The van der Waals surface area contributed by atoms with Crippen molar-refractivity contribution in [3.63, 3.8) is 0 Å². The van der Waals surface area contributed by atoms with Crippen molar-refractivity contribution < 1.29 is 34.4 Å². The predicted octanol–water partition coefficient (Wildman–Crippen LogP) is 3.10. The van der Waals surface area contributed by atoms with Crippen molar-refractivity contribution >= 4 is 23.9 Å². The van der Waals surface area contributed by atoms with Crippen molar-refractivity contribution in [1.82, 2.24) is 10.6 Å². The first kappa shape index (κ1) is 27.8. The van der Waals surface area contributed by atoms with E-state index in [0.29, 0.717) is 17.5 Å². The van der Waals surface area contributed by atoms with E-state index in [-0.39, 0.29) is 36.8 Å². The number of rotatable bonds is 11. The molecule has 0 radical (unpaired) electrons. The summed E-state index contributed by atoms with van der Waals surface area (Å²) in [5.41, 5.74) is 2.86. The maximum Gasteiger partial charge on any atom is 0.308 e. The van der Waals surface area contributed by atoms with Gasteiger partial charge in [-0.2, -0.15) is 0 Å². The van der Waals surface area contributed by atoms with E-state index in [0.717, 1.165) is 17.2 Å². The summed E-state index contributed by atoms with van der Waals surface area (Å²) in [7, 11) is 0. The molecule has 2 amide bonds. The number of ether oxygens (including phenoxy) is 1. The van der Waals surface area contributed by atoms with Crippen LogP contribution in [0.1, 0.15) is 28.7 Å². The number of carbonyl (C=O) groups is 3. The fourth-order valence-electron chi connectivity index (χ4n) is 3.54. The van der Waals surface area contributed by atoms with Crippen LogP contribution in [0.15, 0.2) is 72.8 Å². The van der Waals surface area contributed by atoms with Gasteiger partial charge in [0.2, 0.25) is 11.8 Å². The predicted molar refractivity (Wildman–Crippen MR) is 141 cm³/mol. The first-order valence-electron chi connectivity index (χ1n) is 12.0. The number of nitrogens with one attached hydrogen (secondary N) is 2. The van der Waals surface area contributed by atoms with Gasteiger partial charge in [-0.1, -0.05) is 48.5 Å². The van der Waals surface area contributed by atoms with Gasteiger partial charge in [-0.15, -0.1) is 0 Å². The summed E-state index contributed by atoms with van der Waals surface area (Å²) in [5, 5.41) is 34.0. The normalized spacial score (nSPS) is 11.6. The lowest BCUT2D eigenvalue weighted by molar-refractivity contribution is -0.147. The molecule has 3 aromatic rings. The van der Waals surface area contributed by atoms with Crippen molar-refractivity contribution in [2.75, 3.05) is 6.54 Å². The van der Waals surface area contributed by atoms with Gasteiger partial charge in [0.1, 0.15) is 18.4 Å². The van der Waals surface area contributed by atoms with Crippen LogP contribution in [0.25, 0.3) is 6.08 Å². The van der Waals surface area contributed by atoms with Gasteiger partial charge in [0.05, 0.1) is 6.42 Å². The second-order valence-corrected chi connectivity index (χ2v) is 8.65. The lowest BCUT2D eigenvalue weighted by Crippen LogP contribution is -2.48. The van der Waals surface area contributed by atoms with Crippen LogP contribution >= 0.6 is 0 Å². The molecule has 9 nitrogen and oxygen atoms in total. The zero-order valence-corrected chi connectivity index (χ0v) is 20.9. The molecule has 0 aromatic heterocycles. The van der Waals surface area contributed by atoms with E-state index < -0.39 is 23.8 Å². The van der Waals surface area contributed by atoms with Gasteiger partial charge >= 0.3 is 5.97 Å². The maximum absolute atomic E-state index is 12.9. The zero-order chi connectivity index (χ0) is 27.5. The van der Waals surface area contributed by atoms with Crippen molar-refractivity contribution in [1.29, 1.82) is 0 Å². The van der Waals surface area contributed by atoms with Crippen molar-refractivity contribution in [2.24, 2.45) is 0 Å². The fourth-order valence-corrected chi connectivity index (χ4v) is 3.54. The Labute approximate surface area is 220 Å². The summed E-state index contributed by atoms with van der Waals surface area (Å²) in [6.45, 7) is 2.06. The molecule has 3 aromatic carbocycles. The van der Waals surface area contributed by atoms with Gasteiger partial charge in [-0.25, -0.2) is 0 Å². The van der Waals surface area contributed by atoms with Crippen LogP contribution in [0.3, 0.4) is 0 Å². The van der Waals surface area contributed by atoms with Crippen LogP contribution in [0, 0.1) is 6.92 Å². The standard InChI is InChI=1S/C29H30N2O7/c1-19-15-21(7-10-24(19)32)13-14-30-29(37)23(17-28(36)38-18-22-5-3-2-4-6-22)31-27(35)12-9-20-8-11-25(33)26(34)16-20/h2-12,15-16,23,32-34H,13-14,17-18H2,1H3,(H,30,37)(H,31,35)/b12-9+. The molecule has 0 fully saturated rings. The number of aryl methyl sites for hydroxylation is 1. The smallest absolute Gasteiger partial charge is 0.308 e. The number of carbonyl (C=O) groups excluding carboxylic acids is 3. The number of hydrogen-bond acceptors (Lipinski definition) is 7. The third-order valence-corrected chi connectivity index (χ3v) is 5.65. The van der Waals surface area contributed by atoms with Crippen molar-refractivity contribution in [3.05, 3.63) is 95.1 Å². The van der Waals surface area contributed by atoms with E-state index in [1.165, 1.54) is 24.3 Å². The number of phenols is 3. The van der Waals surface area contributed by atoms with E-state index in [4.69, 9.17) is 4.74 Å².